The first-order chi connectivity index (χ1) is 9.65. The highest BCUT2D eigenvalue weighted by Crippen LogP contribution is 2.03. The van der Waals surface area contributed by atoms with Crippen molar-refractivity contribution in [2.24, 2.45) is 11.7 Å². The normalized spacial score (nSPS) is 13.3. The standard InChI is InChI=1S/C12H21N3O6/c1-6(2)10(11(19)14-5-9(17)18)15-8(16)4-3-7(13)12(20)21/h6-7,10H,3-5,13H2,1-2H3,(H,14,19)(H,15,16)(H,17,18)(H,20,21)/t7-,10+/m0/s1. The lowest BCUT2D eigenvalue weighted by atomic mass is 10.0. The number of nitrogens with two attached hydrogens (primary N) is 1. The molecule has 0 radical (unpaired) electrons. The lowest BCUT2D eigenvalue weighted by Gasteiger charge is -2.21. The maximum Gasteiger partial charge on any atom is 0.322 e. The quantitative estimate of drug-likeness (QED) is 0.347. The molecular weight excluding hydrogens is 282 g/mol. The summed E-state index contributed by atoms with van der Waals surface area (Å²) < 4.78 is 0. The zero-order valence-electron chi connectivity index (χ0n) is 12.0. The van der Waals surface area contributed by atoms with Crippen LogP contribution in [0.5, 0.6) is 0 Å². The molecule has 0 rings (SSSR count). The molecular formula is C12H21N3O6. The minimum absolute atomic E-state index is 0.0529. The summed E-state index contributed by atoms with van der Waals surface area (Å²) in [5.41, 5.74) is 5.27. The van der Waals surface area contributed by atoms with Crippen LogP contribution in [-0.2, 0) is 19.2 Å². The number of carboxylic acids is 2. The van der Waals surface area contributed by atoms with Crippen LogP contribution in [0, 0.1) is 5.92 Å². The maximum absolute atomic E-state index is 11.8. The number of aliphatic carboxylic acids is 2. The molecule has 0 aliphatic carbocycles. The first-order valence-electron chi connectivity index (χ1n) is 6.42. The smallest absolute Gasteiger partial charge is 0.322 e. The van der Waals surface area contributed by atoms with Crippen molar-refractivity contribution >= 4 is 23.8 Å². The van der Waals surface area contributed by atoms with Crippen LogP contribution in [0.2, 0.25) is 0 Å². The molecule has 2 amide bonds. The Hall–Kier alpha value is -2.16. The van der Waals surface area contributed by atoms with Crippen molar-refractivity contribution in [3.8, 4) is 0 Å². The average Bonchev–Trinajstić information content (AvgIpc) is 2.38. The Morgan fingerprint density at radius 2 is 1.71 bits per heavy atom. The molecule has 0 unspecified atom stereocenters. The summed E-state index contributed by atoms with van der Waals surface area (Å²) in [4.78, 5) is 44.3. The van der Waals surface area contributed by atoms with Gasteiger partial charge in [-0.1, -0.05) is 13.8 Å². The molecule has 0 aromatic carbocycles. The topological polar surface area (TPSA) is 159 Å². The van der Waals surface area contributed by atoms with Crippen LogP contribution >= 0.6 is 0 Å². The van der Waals surface area contributed by atoms with E-state index in [0.29, 0.717) is 0 Å². The average molecular weight is 303 g/mol. The zero-order valence-corrected chi connectivity index (χ0v) is 12.0. The van der Waals surface area contributed by atoms with Crippen molar-refractivity contribution in [2.75, 3.05) is 6.54 Å². The van der Waals surface area contributed by atoms with Crippen molar-refractivity contribution in [1.29, 1.82) is 0 Å². The second kappa shape index (κ2) is 8.90. The predicted molar refractivity (Wildman–Crippen MR) is 72.3 cm³/mol. The molecule has 0 aliphatic heterocycles. The maximum atomic E-state index is 11.8. The summed E-state index contributed by atoms with van der Waals surface area (Å²) in [7, 11) is 0. The Morgan fingerprint density at radius 3 is 2.14 bits per heavy atom. The van der Waals surface area contributed by atoms with Crippen LogP contribution in [0.1, 0.15) is 26.7 Å². The van der Waals surface area contributed by atoms with Crippen molar-refractivity contribution in [2.45, 2.75) is 38.8 Å². The molecule has 0 fully saturated rings. The first-order valence-corrected chi connectivity index (χ1v) is 6.42. The molecule has 2 atom stereocenters. The highest BCUT2D eigenvalue weighted by molar-refractivity contribution is 5.89. The highest BCUT2D eigenvalue weighted by Gasteiger charge is 2.24. The number of rotatable bonds is 9. The van der Waals surface area contributed by atoms with Gasteiger partial charge in [-0.2, -0.15) is 0 Å². The van der Waals surface area contributed by atoms with Crippen molar-refractivity contribution in [3.63, 3.8) is 0 Å². The molecule has 0 aliphatic rings. The molecule has 9 nitrogen and oxygen atoms in total. The van der Waals surface area contributed by atoms with E-state index in [1.165, 1.54) is 0 Å². The molecule has 0 saturated heterocycles. The van der Waals surface area contributed by atoms with Crippen LogP contribution in [-0.4, -0.2) is 52.6 Å². The lowest BCUT2D eigenvalue weighted by molar-refractivity contribution is -0.139. The van der Waals surface area contributed by atoms with Gasteiger partial charge in [0, 0.05) is 6.42 Å². The molecule has 0 heterocycles. The summed E-state index contributed by atoms with van der Waals surface area (Å²) in [5.74, 6) is -3.78. The van der Waals surface area contributed by atoms with Gasteiger partial charge in [0.2, 0.25) is 11.8 Å². The van der Waals surface area contributed by atoms with Crippen LogP contribution in [0.4, 0.5) is 0 Å². The molecule has 0 aromatic rings. The van der Waals surface area contributed by atoms with Gasteiger partial charge in [0.15, 0.2) is 0 Å². The highest BCUT2D eigenvalue weighted by atomic mass is 16.4. The molecule has 9 heteroatoms. The van der Waals surface area contributed by atoms with Crippen LogP contribution in [0.3, 0.4) is 0 Å². The van der Waals surface area contributed by atoms with Crippen LogP contribution in [0.25, 0.3) is 0 Å². The monoisotopic (exact) mass is 303 g/mol. The first kappa shape index (κ1) is 18.8. The minimum atomic E-state index is -1.21. The number of amides is 2. The van der Waals surface area contributed by atoms with Crippen LogP contribution < -0.4 is 16.4 Å². The Bertz CT molecular complexity index is 410. The fourth-order valence-electron chi connectivity index (χ4n) is 1.46. The van der Waals surface area contributed by atoms with E-state index < -0.39 is 42.4 Å². The number of carbonyl (C=O) groups excluding carboxylic acids is 2. The van der Waals surface area contributed by atoms with Gasteiger partial charge in [0.1, 0.15) is 18.6 Å². The number of hydrogen-bond donors (Lipinski definition) is 5. The summed E-state index contributed by atoms with van der Waals surface area (Å²) in [6, 6.07) is -2.04. The zero-order chi connectivity index (χ0) is 16.6. The third-order valence-corrected chi connectivity index (χ3v) is 2.68. The molecule has 0 saturated carbocycles. The third-order valence-electron chi connectivity index (χ3n) is 2.68. The Kier molecular flexibility index (Phi) is 7.99. The second-order valence-corrected chi connectivity index (χ2v) is 4.88. The van der Waals surface area contributed by atoms with Crippen LogP contribution in [0.15, 0.2) is 0 Å². The number of carbonyl (C=O) groups is 4. The Labute approximate surface area is 121 Å². The van der Waals surface area contributed by atoms with E-state index in [9.17, 15) is 19.2 Å². The summed E-state index contributed by atoms with van der Waals surface area (Å²) in [5, 5.41) is 21.7. The number of hydrogen-bond acceptors (Lipinski definition) is 5. The van der Waals surface area contributed by atoms with Gasteiger partial charge in [0.25, 0.3) is 0 Å². The molecule has 0 aromatic heterocycles. The van der Waals surface area contributed by atoms with E-state index in [0.717, 1.165) is 0 Å². The van der Waals surface area contributed by atoms with E-state index in [1.807, 2.05) is 0 Å². The number of carboxylic acid groups (broad SMARTS) is 2. The molecule has 6 N–H and O–H groups in total. The van der Waals surface area contributed by atoms with Gasteiger partial charge in [-0.05, 0) is 12.3 Å². The van der Waals surface area contributed by atoms with Gasteiger partial charge in [-0.25, -0.2) is 0 Å². The van der Waals surface area contributed by atoms with E-state index in [-0.39, 0.29) is 18.8 Å². The van der Waals surface area contributed by atoms with Crippen molar-refractivity contribution in [1.82, 2.24) is 10.6 Å². The van der Waals surface area contributed by atoms with Gasteiger partial charge in [-0.15, -0.1) is 0 Å². The lowest BCUT2D eigenvalue weighted by Crippen LogP contribution is -2.50. The summed E-state index contributed by atoms with van der Waals surface area (Å²) in [6.45, 7) is 2.84. The largest absolute Gasteiger partial charge is 0.480 e. The molecule has 120 valence electrons. The Morgan fingerprint density at radius 1 is 1.14 bits per heavy atom. The molecule has 21 heavy (non-hydrogen) atoms. The minimum Gasteiger partial charge on any atom is -0.480 e. The van der Waals surface area contributed by atoms with Crippen molar-refractivity contribution in [3.05, 3.63) is 0 Å². The summed E-state index contributed by atoms with van der Waals surface area (Å²) >= 11 is 0. The predicted octanol–water partition coefficient (Wildman–Crippen LogP) is -1.48. The molecule has 0 bridgehead atoms. The second-order valence-electron chi connectivity index (χ2n) is 4.88. The fraction of sp³-hybridized carbons (Fsp3) is 0.667. The van der Waals surface area contributed by atoms with E-state index in [1.54, 1.807) is 13.8 Å². The van der Waals surface area contributed by atoms with Gasteiger partial charge in [-0.3, -0.25) is 19.2 Å². The van der Waals surface area contributed by atoms with Gasteiger partial charge < -0.3 is 26.6 Å². The summed E-state index contributed by atoms with van der Waals surface area (Å²) in [6.07, 6.45) is -0.189. The van der Waals surface area contributed by atoms with Crippen molar-refractivity contribution < 1.29 is 29.4 Å². The van der Waals surface area contributed by atoms with E-state index in [4.69, 9.17) is 15.9 Å². The SMILES string of the molecule is CC(C)[C@@H](NC(=O)CC[C@H](N)C(=O)O)C(=O)NCC(=O)O. The van der Waals surface area contributed by atoms with E-state index in [2.05, 4.69) is 10.6 Å². The Balaban J connectivity index is 4.43. The van der Waals surface area contributed by atoms with Gasteiger partial charge >= 0.3 is 11.9 Å². The van der Waals surface area contributed by atoms with Gasteiger partial charge in [0.05, 0.1) is 0 Å². The fourth-order valence-corrected chi connectivity index (χ4v) is 1.46. The molecule has 0 spiro atoms. The third kappa shape index (κ3) is 7.88. The number of nitrogens with one attached hydrogen (secondary N) is 2. The van der Waals surface area contributed by atoms with E-state index >= 15 is 0 Å².